The van der Waals surface area contributed by atoms with Crippen molar-refractivity contribution in [3.05, 3.63) is 0 Å². The molecule has 1 unspecified atom stereocenters. The van der Waals surface area contributed by atoms with Gasteiger partial charge in [-0.25, -0.2) is 4.79 Å². The zero-order valence-corrected chi connectivity index (χ0v) is 10.4. The third kappa shape index (κ3) is 3.33. The average Bonchev–Trinajstić information content (AvgIpc) is 2.85. The average molecular weight is 243 g/mol. The van der Waals surface area contributed by atoms with Gasteiger partial charge >= 0.3 is 6.09 Å². The number of ether oxygens (including phenoxy) is 3. The van der Waals surface area contributed by atoms with Crippen LogP contribution in [0.1, 0.15) is 32.1 Å². The van der Waals surface area contributed by atoms with Gasteiger partial charge in [0.2, 0.25) is 0 Å². The Morgan fingerprint density at radius 2 is 2.24 bits per heavy atom. The Balaban J connectivity index is 1.75. The Bertz CT molecular complexity index is 253. The fourth-order valence-corrected chi connectivity index (χ4v) is 2.43. The van der Waals surface area contributed by atoms with Crippen LogP contribution in [0.2, 0.25) is 0 Å². The third-order valence-corrected chi connectivity index (χ3v) is 3.40. The summed E-state index contributed by atoms with van der Waals surface area (Å²) >= 11 is 0. The zero-order valence-electron chi connectivity index (χ0n) is 10.4. The zero-order chi connectivity index (χ0) is 12.1. The van der Waals surface area contributed by atoms with E-state index in [9.17, 15) is 4.79 Å². The molecule has 2 atom stereocenters. The minimum absolute atomic E-state index is 0.0798. The van der Waals surface area contributed by atoms with Crippen LogP contribution in [0.4, 0.5) is 4.79 Å². The Morgan fingerprint density at radius 1 is 1.35 bits per heavy atom. The second-order valence-corrected chi connectivity index (χ2v) is 4.59. The van der Waals surface area contributed by atoms with Crippen molar-refractivity contribution >= 4 is 6.09 Å². The monoisotopic (exact) mass is 243 g/mol. The van der Waals surface area contributed by atoms with Crippen molar-refractivity contribution in [1.29, 1.82) is 0 Å². The predicted molar refractivity (Wildman–Crippen MR) is 61.7 cm³/mol. The second-order valence-electron chi connectivity index (χ2n) is 4.59. The molecular formula is C12H21NO4. The number of nitrogens with zero attached hydrogens (tertiary/aromatic N) is 1. The van der Waals surface area contributed by atoms with Gasteiger partial charge in [0.15, 0.2) is 6.29 Å². The Hall–Kier alpha value is -0.810. The maximum atomic E-state index is 11.5. The minimum Gasteiger partial charge on any atom is -0.453 e. The van der Waals surface area contributed by atoms with Gasteiger partial charge in [0.1, 0.15) is 0 Å². The second kappa shape index (κ2) is 6.21. The number of methoxy groups -OCH3 is 1. The van der Waals surface area contributed by atoms with Crippen molar-refractivity contribution in [2.24, 2.45) is 0 Å². The summed E-state index contributed by atoms with van der Waals surface area (Å²) in [6.07, 6.45) is 4.93. The van der Waals surface area contributed by atoms with Gasteiger partial charge in [0.25, 0.3) is 0 Å². The molecule has 2 saturated heterocycles. The van der Waals surface area contributed by atoms with Gasteiger partial charge in [-0.2, -0.15) is 0 Å². The van der Waals surface area contributed by atoms with Crippen LogP contribution >= 0.6 is 0 Å². The molecule has 0 radical (unpaired) electrons. The normalized spacial score (nSPS) is 29.4. The summed E-state index contributed by atoms with van der Waals surface area (Å²) in [7, 11) is 1.42. The minimum atomic E-state index is -0.249. The van der Waals surface area contributed by atoms with Crippen molar-refractivity contribution in [3.63, 3.8) is 0 Å². The van der Waals surface area contributed by atoms with Crippen molar-refractivity contribution in [2.75, 3.05) is 26.9 Å². The van der Waals surface area contributed by atoms with E-state index in [1.807, 2.05) is 0 Å². The largest absolute Gasteiger partial charge is 0.453 e. The molecule has 0 saturated carbocycles. The van der Waals surface area contributed by atoms with Gasteiger partial charge in [0, 0.05) is 13.2 Å². The van der Waals surface area contributed by atoms with E-state index in [0.717, 1.165) is 45.3 Å². The summed E-state index contributed by atoms with van der Waals surface area (Å²) < 4.78 is 16.0. The van der Waals surface area contributed by atoms with Crippen LogP contribution in [0.5, 0.6) is 0 Å². The molecule has 98 valence electrons. The van der Waals surface area contributed by atoms with Crippen molar-refractivity contribution in [1.82, 2.24) is 4.90 Å². The Kier molecular flexibility index (Phi) is 4.62. The highest BCUT2D eigenvalue weighted by molar-refractivity contribution is 5.68. The standard InChI is InChI=1S/C12H21NO4/c1-15-12(14)13-7-4-5-10(13)9-17-11-6-2-3-8-16-11/h10-11H,2-9H2,1H3/t10-,11?/m0/s1. The first kappa shape index (κ1) is 12.6. The fourth-order valence-electron chi connectivity index (χ4n) is 2.43. The lowest BCUT2D eigenvalue weighted by Gasteiger charge is -2.27. The van der Waals surface area contributed by atoms with E-state index in [1.54, 1.807) is 4.90 Å². The van der Waals surface area contributed by atoms with Crippen LogP contribution in [-0.4, -0.2) is 50.2 Å². The number of likely N-dealkylation sites (tertiary alicyclic amines) is 1. The number of carbonyl (C=O) groups is 1. The molecule has 2 aliphatic rings. The lowest BCUT2D eigenvalue weighted by atomic mass is 10.2. The first-order valence-corrected chi connectivity index (χ1v) is 6.39. The highest BCUT2D eigenvalue weighted by Crippen LogP contribution is 2.20. The van der Waals surface area contributed by atoms with Crippen molar-refractivity contribution in [3.8, 4) is 0 Å². The Morgan fingerprint density at radius 3 is 2.94 bits per heavy atom. The van der Waals surface area contributed by atoms with E-state index in [2.05, 4.69) is 0 Å². The molecule has 2 aliphatic heterocycles. The molecule has 5 heteroatoms. The molecular weight excluding hydrogens is 222 g/mol. The van der Waals surface area contributed by atoms with E-state index in [0.29, 0.717) is 6.61 Å². The van der Waals surface area contributed by atoms with Gasteiger partial charge in [0.05, 0.1) is 19.8 Å². The lowest BCUT2D eigenvalue weighted by molar-refractivity contribution is -0.168. The summed E-state index contributed by atoms with van der Waals surface area (Å²) in [4.78, 5) is 13.2. The summed E-state index contributed by atoms with van der Waals surface area (Å²) in [5.74, 6) is 0. The SMILES string of the molecule is COC(=O)N1CCC[C@H]1COC1CCCCO1. The van der Waals surface area contributed by atoms with Crippen LogP contribution in [0.3, 0.4) is 0 Å². The van der Waals surface area contributed by atoms with E-state index in [1.165, 1.54) is 7.11 Å². The first-order chi connectivity index (χ1) is 8.31. The van der Waals surface area contributed by atoms with E-state index >= 15 is 0 Å². The molecule has 0 aliphatic carbocycles. The molecule has 1 amide bonds. The topological polar surface area (TPSA) is 48.0 Å². The predicted octanol–water partition coefficient (Wildman–Crippen LogP) is 1.76. The van der Waals surface area contributed by atoms with E-state index < -0.39 is 0 Å². The van der Waals surface area contributed by atoms with Gasteiger partial charge < -0.3 is 19.1 Å². The number of hydrogen-bond acceptors (Lipinski definition) is 4. The molecule has 0 aromatic heterocycles. The lowest BCUT2D eigenvalue weighted by Crippen LogP contribution is -2.39. The van der Waals surface area contributed by atoms with Gasteiger partial charge in [-0.15, -0.1) is 0 Å². The van der Waals surface area contributed by atoms with Crippen LogP contribution in [0.25, 0.3) is 0 Å². The van der Waals surface area contributed by atoms with Gasteiger partial charge in [-0.3, -0.25) is 0 Å². The van der Waals surface area contributed by atoms with Crippen LogP contribution in [0.15, 0.2) is 0 Å². The summed E-state index contributed by atoms with van der Waals surface area (Å²) in [5.41, 5.74) is 0. The molecule has 0 aromatic carbocycles. The molecule has 0 spiro atoms. The summed E-state index contributed by atoms with van der Waals surface area (Å²) in [6, 6.07) is 0.146. The quantitative estimate of drug-likeness (QED) is 0.758. The highest BCUT2D eigenvalue weighted by Gasteiger charge is 2.30. The van der Waals surface area contributed by atoms with Crippen LogP contribution in [-0.2, 0) is 14.2 Å². The molecule has 2 rings (SSSR count). The van der Waals surface area contributed by atoms with Crippen molar-refractivity contribution < 1.29 is 19.0 Å². The first-order valence-electron chi connectivity index (χ1n) is 6.39. The highest BCUT2D eigenvalue weighted by atomic mass is 16.7. The van der Waals surface area contributed by atoms with Gasteiger partial charge in [-0.05, 0) is 32.1 Å². The number of hydrogen-bond donors (Lipinski definition) is 0. The number of carbonyl (C=O) groups excluding carboxylic acids is 1. The third-order valence-electron chi connectivity index (χ3n) is 3.40. The molecule has 2 heterocycles. The molecule has 0 bridgehead atoms. The maximum Gasteiger partial charge on any atom is 0.409 e. The maximum absolute atomic E-state index is 11.5. The Labute approximate surface area is 102 Å². The van der Waals surface area contributed by atoms with Gasteiger partial charge in [-0.1, -0.05) is 0 Å². The summed E-state index contributed by atoms with van der Waals surface area (Å²) in [5, 5.41) is 0. The summed E-state index contributed by atoms with van der Waals surface area (Å²) in [6.45, 7) is 2.11. The van der Waals surface area contributed by atoms with Crippen LogP contribution in [0, 0.1) is 0 Å². The smallest absolute Gasteiger partial charge is 0.409 e. The van der Waals surface area contributed by atoms with Crippen molar-refractivity contribution in [2.45, 2.75) is 44.4 Å². The molecule has 0 N–H and O–H groups in total. The molecule has 17 heavy (non-hydrogen) atoms. The molecule has 2 fully saturated rings. The number of rotatable bonds is 3. The number of amides is 1. The van der Waals surface area contributed by atoms with E-state index in [4.69, 9.17) is 14.2 Å². The van der Waals surface area contributed by atoms with Crippen LogP contribution < -0.4 is 0 Å². The van der Waals surface area contributed by atoms with E-state index in [-0.39, 0.29) is 18.4 Å². The fraction of sp³-hybridized carbons (Fsp3) is 0.917. The molecule has 0 aromatic rings. The molecule has 5 nitrogen and oxygen atoms in total.